The van der Waals surface area contributed by atoms with Crippen molar-refractivity contribution in [1.82, 2.24) is 20.1 Å². The molecule has 3 heterocycles. The smallest absolute Gasteiger partial charge is 0.143 e. The Morgan fingerprint density at radius 3 is 3.25 bits per heavy atom. The second-order valence-corrected chi connectivity index (χ2v) is 4.62. The van der Waals surface area contributed by atoms with E-state index in [0.717, 1.165) is 38.4 Å². The average molecular weight is 222 g/mol. The average Bonchev–Trinajstić information content (AvgIpc) is 2.80. The van der Waals surface area contributed by atoms with Crippen molar-refractivity contribution in [2.45, 2.75) is 44.3 Å². The van der Waals surface area contributed by atoms with E-state index in [1.807, 2.05) is 4.68 Å². The number of nitrogens with one attached hydrogen (secondary N) is 1. The number of hydrogen-bond acceptors (Lipinski definition) is 4. The van der Waals surface area contributed by atoms with E-state index < -0.39 is 0 Å². The molecule has 0 spiro atoms. The van der Waals surface area contributed by atoms with Crippen LogP contribution in [0.1, 0.15) is 37.5 Å². The Morgan fingerprint density at radius 1 is 1.38 bits per heavy atom. The first-order valence-corrected chi connectivity index (χ1v) is 6.15. The van der Waals surface area contributed by atoms with Crippen LogP contribution in [0, 0.1) is 0 Å². The molecule has 0 aromatic carbocycles. The van der Waals surface area contributed by atoms with Gasteiger partial charge in [0, 0.05) is 19.2 Å². The van der Waals surface area contributed by atoms with E-state index in [1.54, 1.807) is 6.33 Å². The van der Waals surface area contributed by atoms with Gasteiger partial charge in [0.2, 0.25) is 0 Å². The summed E-state index contributed by atoms with van der Waals surface area (Å²) in [5.74, 6) is 1.09. The van der Waals surface area contributed by atoms with Crippen molar-refractivity contribution in [3.8, 4) is 0 Å². The second-order valence-electron chi connectivity index (χ2n) is 4.62. The highest BCUT2D eigenvalue weighted by molar-refractivity contribution is 4.98. The maximum atomic E-state index is 5.49. The summed E-state index contributed by atoms with van der Waals surface area (Å²) >= 11 is 0. The number of fused-ring (bicyclic) bond motifs is 1. The summed E-state index contributed by atoms with van der Waals surface area (Å²) in [6, 6.07) is 0.852. The van der Waals surface area contributed by atoms with Crippen LogP contribution in [-0.2, 0) is 11.3 Å². The predicted molar refractivity (Wildman–Crippen MR) is 59.0 cm³/mol. The fourth-order valence-corrected chi connectivity index (χ4v) is 2.60. The molecular formula is C11H18N4O. The Morgan fingerprint density at radius 2 is 2.38 bits per heavy atom. The van der Waals surface area contributed by atoms with Crippen molar-refractivity contribution >= 4 is 0 Å². The predicted octanol–water partition coefficient (Wildman–Crippen LogP) is 0.882. The summed E-state index contributed by atoms with van der Waals surface area (Å²) in [5.41, 5.74) is 0. The molecule has 1 aromatic rings. The number of hydrogen-bond donors (Lipinski definition) is 1. The minimum absolute atomic E-state index is 0.364. The summed E-state index contributed by atoms with van der Waals surface area (Å²) in [6.07, 6.45) is 6.38. The van der Waals surface area contributed by atoms with Crippen LogP contribution in [0.3, 0.4) is 0 Å². The molecule has 1 aromatic heterocycles. The van der Waals surface area contributed by atoms with Gasteiger partial charge in [-0.1, -0.05) is 0 Å². The Labute approximate surface area is 95.2 Å². The maximum Gasteiger partial charge on any atom is 0.143 e. The van der Waals surface area contributed by atoms with Gasteiger partial charge in [-0.3, -0.25) is 0 Å². The lowest BCUT2D eigenvalue weighted by atomic mass is 10.0. The van der Waals surface area contributed by atoms with E-state index in [4.69, 9.17) is 4.74 Å². The number of rotatable bonds is 2. The molecule has 2 unspecified atom stereocenters. The second kappa shape index (κ2) is 4.51. The lowest BCUT2D eigenvalue weighted by Gasteiger charge is -2.30. The standard InChI is InChI=1S/C11H18N4O/c1-4-10(11-12-8-13-15(11)5-1)14-9-3-2-6-16-7-9/h8-10,14H,1-7H2. The van der Waals surface area contributed by atoms with Crippen molar-refractivity contribution in [3.05, 3.63) is 12.2 Å². The van der Waals surface area contributed by atoms with Crippen LogP contribution in [0.5, 0.6) is 0 Å². The van der Waals surface area contributed by atoms with Crippen molar-refractivity contribution in [2.24, 2.45) is 0 Å². The highest BCUT2D eigenvalue weighted by Gasteiger charge is 2.25. The molecule has 0 amide bonds. The third kappa shape index (κ3) is 1.97. The zero-order valence-corrected chi connectivity index (χ0v) is 9.43. The van der Waals surface area contributed by atoms with Gasteiger partial charge in [0.25, 0.3) is 0 Å². The van der Waals surface area contributed by atoms with E-state index in [0.29, 0.717) is 12.1 Å². The molecule has 3 rings (SSSR count). The van der Waals surface area contributed by atoms with Crippen LogP contribution in [-0.4, -0.2) is 34.0 Å². The minimum atomic E-state index is 0.364. The molecule has 2 atom stereocenters. The Bertz CT molecular complexity index is 346. The van der Waals surface area contributed by atoms with Crippen LogP contribution in [0.4, 0.5) is 0 Å². The molecule has 16 heavy (non-hydrogen) atoms. The first kappa shape index (κ1) is 10.2. The van der Waals surface area contributed by atoms with E-state index in [-0.39, 0.29) is 0 Å². The van der Waals surface area contributed by atoms with Crippen molar-refractivity contribution < 1.29 is 4.74 Å². The molecule has 88 valence electrons. The molecule has 2 aliphatic rings. The van der Waals surface area contributed by atoms with Gasteiger partial charge in [-0.25, -0.2) is 9.67 Å². The lowest BCUT2D eigenvalue weighted by Crippen LogP contribution is -2.41. The molecule has 5 heteroatoms. The van der Waals surface area contributed by atoms with Crippen LogP contribution >= 0.6 is 0 Å². The third-order valence-corrected chi connectivity index (χ3v) is 3.42. The zero-order valence-electron chi connectivity index (χ0n) is 9.43. The van der Waals surface area contributed by atoms with Crippen LogP contribution in [0.2, 0.25) is 0 Å². The quantitative estimate of drug-likeness (QED) is 0.807. The summed E-state index contributed by atoms with van der Waals surface area (Å²) in [4.78, 5) is 4.35. The molecule has 1 N–H and O–H groups in total. The van der Waals surface area contributed by atoms with Crippen molar-refractivity contribution in [3.63, 3.8) is 0 Å². The van der Waals surface area contributed by atoms with Gasteiger partial charge in [-0.15, -0.1) is 0 Å². The van der Waals surface area contributed by atoms with E-state index in [1.165, 1.54) is 12.8 Å². The van der Waals surface area contributed by atoms with Gasteiger partial charge in [-0.2, -0.15) is 5.10 Å². The molecule has 5 nitrogen and oxygen atoms in total. The van der Waals surface area contributed by atoms with Gasteiger partial charge in [-0.05, 0) is 25.7 Å². The first-order chi connectivity index (χ1) is 7.93. The first-order valence-electron chi connectivity index (χ1n) is 6.15. The highest BCUT2D eigenvalue weighted by Crippen LogP contribution is 2.23. The van der Waals surface area contributed by atoms with Gasteiger partial charge >= 0.3 is 0 Å². The fraction of sp³-hybridized carbons (Fsp3) is 0.818. The van der Waals surface area contributed by atoms with Gasteiger partial charge in [0.15, 0.2) is 0 Å². The molecule has 1 saturated heterocycles. The van der Waals surface area contributed by atoms with Gasteiger partial charge in [0.1, 0.15) is 12.2 Å². The lowest BCUT2D eigenvalue weighted by molar-refractivity contribution is 0.0642. The topological polar surface area (TPSA) is 52.0 Å². The van der Waals surface area contributed by atoms with Crippen LogP contribution in [0.25, 0.3) is 0 Å². The number of nitrogens with zero attached hydrogens (tertiary/aromatic N) is 3. The fourth-order valence-electron chi connectivity index (χ4n) is 2.60. The Kier molecular flexibility index (Phi) is 2.88. The van der Waals surface area contributed by atoms with Crippen molar-refractivity contribution in [2.75, 3.05) is 13.2 Å². The number of aryl methyl sites for hydroxylation is 1. The Balaban J connectivity index is 1.67. The summed E-state index contributed by atoms with van der Waals surface area (Å²) < 4.78 is 7.51. The normalized spacial score (nSPS) is 30.0. The van der Waals surface area contributed by atoms with Crippen molar-refractivity contribution in [1.29, 1.82) is 0 Å². The maximum absolute atomic E-state index is 5.49. The number of ether oxygens (including phenoxy) is 1. The highest BCUT2D eigenvalue weighted by atomic mass is 16.5. The third-order valence-electron chi connectivity index (χ3n) is 3.42. The van der Waals surface area contributed by atoms with Gasteiger partial charge in [0.05, 0.1) is 12.6 Å². The molecule has 0 aliphatic carbocycles. The summed E-state index contributed by atoms with van der Waals surface area (Å²) in [5, 5.41) is 7.89. The summed E-state index contributed by atoms with van der Waals surface area (Å²) in [6.45, 7) is 2.76. The van der Waals surface area contributed by atoms with E-state index >= 15 is 0 Å². The summed E-state index contributed by atoms with van der Waals surface area (Å²) in [7, 11) is 0. The van der Waals surface area contributed by atoms with E-state index in [2.05, 4.69) is 15.4 Å². The zero-order chi connectivity index (χ0) is 10.8. The van der Waals surface area contributed by atoms with Gasteiger partial charge < -0.3 is 10.1 Å². The largest absolute Gasteiger partial charge is 0.380 e. The Hall–Kier alpha value is -0.940. The van der Waals surface area contributed by atoms with Crippen LogP contribution in [0.15, 0.2) is 6.33 Å². The number of aromatic nitrogens is 3. The van der Waals surface area contributed by atoms with E-state index in [9.17, 15) is 0 Å². The van der Waals surface area contributed by atoms with Crippen LogP contribution < -0.4 is 5.32 Å². The minimum Gasteiger partial charge on any atom is -0.380 e. The molecule has 2 aliphatic heterocycles. The molecule has 0 saturated carbocycles. The molecular weight excluding hydrogens is 204 g/mol. The SMILES string of the molecule is c1nc2n(n1)CCCC2NC1CCCOC1. The molecule has 0 bridgehead atoms. The molecule has 0 radical (unpaired) electrons. The molecule has 1 fully saturated rings. The monoisotopic (exact) mass is 222 g/mol.